The summed E-state index contributed by atoms with van der Waals surface area (Å²) in [6.07, 6.45) is 8.92. The molecule has 6 heteroatoms. The maximum absolute atomic E-state index is 17.0. The molecule has 0 aromatic heterocycles. The predicted octanol–water partition coefficient (Wildman–Crippen LogP) is 4.19. The van der Waals surface area contributed by atoms with Crippen molar-refractivity contribution < 1.29 is 18.5 Å². The first kappa shape index (κ1) is 20.8. The SMILES string of the molecule is CCS(=O)[C@]1(SC)CC[C@H]2[C@@H]3CCC4=CC(=O)C=C[C@]4(C)[C@@]3(F)[C@@H](O)C[C@@]21C. The Labute approximate surface area is 174 Å². The molecule has 4 aliphatic rings. The Balaban J connectivity index is 1.82. The summed E-state index contributed by atoms with van der Waals surface area (Å²) in [6, 6.07) is 0. The summed E-state index contributed by atoms with van der Waals surface area (Å²) in [5.74, 6) is 0.294. The van der Waals surface area contributed by atoms with Crippen LogP contribution in [0.5, 0.6) is 0 Å². The number of ketones is 1. The van der Waals surface area contributed by atoms with Crippen LogP contribution in [0.15, 0.2) is 23.8 Å². The van der Waals surface area contributed by atoms with E-state index in [0.717, 1.165) is 18.4 Å². The molecule has 0 amide bonds. The number of carbonyl (C=O) groups excluding carboxylic acids is 1. The van der Waals surface area contributed by atoms with Crippen LogP contribution in [-0.4, -0.2) is 43.0 Å². The van der Waals surface area contributed by atoms with Crippen molar-refractivity contribution in [1.29, 1.82) is 0 Å². The molecule has 3 saturated carbocycles. The average molecular weight is 427 g/mol. The molecule has 28 heavy (non-hydrogen) atoms. The molecule has 8 atom stereocenters. The van der Waals surface area contributed by atoms with Gasteiger partial charge in [0.25, 0.3) is 0 Å². The van der Waals surface area contributed by atoms with Gasteiger partial charge in [0.2, 0.25) is 0 Å². The van der Waals surface area contributed by atoms with Crippen LogP contribution in [0, 0.1) is 22.7 Å². The van der Waals surface area contributed by atoms with Crippen molar-refractivity contribution in [3.63, 3.8) is 0 Å². The number of rotatable bonds is 3. The van der Waals surface area contributed by atoms with E-state index in [2.05, 4.69) is 6.92 Å². The predicted molar refractivity (Wildman–Crippen MR) is 113 cm³/mol. The van der Waals surface area contributed by atoms with Gasteiger partial charge in [0.05, 0.1) is 10.2 Å². The number of aliphatic hydroxyl groups excluding tert-OH is 1. The van der Waals surface area contributed by atoms with Crippen LogP contribution < -0.4 is 0 Å². The fourth-order valence-electron chi connectivity index (χ4n) is 7.19. The van der Waals surface area contributed by atoms with E-state index in [0.29, 0.717) is 25.0 Å². The van der Waals surface area contributed by atoms with Crippen molar-refractivity contribution >= 4 is 28.3 Å². The number of thioether (sulfide) groups is 1. The van der Waals surface area contributed by atoms with E-state index in [1.165, 1.54) is 6.08 Å². The lowest BCUT2D eigenvalue weighted by molar-refractivity contribution is -0.189. The average Bonchev–Trinajstić information content (AvgIpc) is 2.96. The Morgan fingerprint density at radius 1 is 1.32 bits per heavy atom. The maximum atomic E-state index is 17.0. The number of carbonyl (C=O) groups is 1. The van der Waals surface area contributed by atoms with E-state index in [9.17, 15) is 14.1 Å². The number of halogens is 1. The molecule has 0 bridgehead atoms. The molecule has 4 aliphatic carbocycles. The van der Waals surface area contributed by atoms with Crippen LogP contribution in [-0.2, 0) is 15.6 Å². The Bertz CT molecular complexity index is 795. The Morgan fingerprint density at radius 2 is 2.04 bits per heavy atom. The lowest BCUT2D eigenvalue weighted by atomic mass is 9.46. The fourth-order valence-corrected chi connectivity index (χ4v) is 10.9. The summed E-state index contributed by atoms with van der Waals surface area (Å²) in [5.41, 5.74) is -2.29. The summed E-state index contributed by atoms with van der Waals surface area (Å²) in [7, 11) is -1.02. The number of allylic oxidation sites excluding steroid dienone is 4. The molecule has 0 radical (unpaired) electrons. The molecule has 0 heterocycles. The van der Waals surface area contributed by atoms with Gasteiger partial charge < -0.3 is 5.11 Å². The highest BCUT2D eigenvalue weighted by Gasteiger charge is 2.73. The van der Waals surface area contributed by atoms with Gasteiger partial charge in [-0.3, -0.25) is 9.00 Å². The number of hydrogen-bond donors (Lipinski definition) is 1. The molecule has 0 spiro atoms. The number of fused-ring (bicyclic) bond motifs is 5. The smallest absolute Gasteiger partial charge is 0.178 e. The third-order valence-electron chi connectivity index (χ3n) is 8.65. The standard InChI is InChI=1S/C22H31FO3S2/c1-5-28(26)21(27-4)11-9-16-17-7-6-14-12-15(24)8-10-19(14,2)22(17,23)18(25)13-20(16,21)3/h8,10,12,16-18,25H,5-7,9,11,13H2,1-4H3/t16-,17-,18-,19-,20-,21+,22-,28?/m0/s1. The summed E-state index contributed by atoms with van der Waals surface area (Å²) in [6.45, 7) is 5.94. The van der Waals surface area contributed by atoms with E-state index >= 15 is 4.39 Å². The van der Waals surface area contributed by atoms with Crippen molar-refractivity contribution in [2.75, 3.05) is 12.0 Å². The Kier molecular flexibility index (Phi) is 4.84. The van der Waals surface area contributed by atoms with Gasteiger partial charge in [-0.1, -0.05) is 25.5 Å². The fraction of sp³-hybridized carbons (Fsp3) is 0.773. The number of hydrogen-bond acceptors (Lipinski definition) is 4. The monoisotopic (exact) mass is 426 g/mol. The summed E-state index contributed by atoms with van der Waals surface area (Å²) in [4.78, 5) is 11.9. The zero-order chi connectivity index (χ0) is 20.5. The lowest BCUT2D eigenvalue weighted by Crippen LogP contribution is -2.68. The second kappa shape index (κ2) is 6.52. The molecule has 3 fully saturated rings. The van der Waals surface area contributed by atoms with Gasteiger partial charge in [0, 0.05) is 27.9 Å². The van der Waals surface area contributed by atoms with Crippen LogP contribution in [0.2, 0.25) is 0 Å². The molecule has 4 rings (SSSR count). The minimum atomic E-state index is -1.79. The second-order valence-corrected chi connectivity index (χ2v) is 12.7. The third-order valence-corrected chi connectivity index (χ3v) is 13.0. The van der Waals surface area contributed by atoms with Crippen LogP contribution in [0.1, 0.15) is 52.9 Å². The zero-order valence-electron chi connectivity index (χ0n) is 17.2. The highest BCUT2D eigenvalue weighted by atomic mass is 32.2. The van der Waals surface area contributed by atoms with E-state index < -0.39 is 32.1 Å². The van der Waals surface area contributed by atoms with Gasteiger partial charge >= 0.3 is 0 Å². The van der Waals surface area contributed by atoms with Gasteiger partial charge in [-0.2, -0.15) is 0 Å². The van der Waals surface area contributed by atoms with Crippen molar-refractivity contribution in [2.45, 2.75) is 68.7 Å². The second-order valence-electron chi connectivity index (χ2n) is 9.39. The Hall–Kier alpha value is -0.460. The molecule has 1 N–H and O–H groups in total. The van der Waals surface area contributed by atoms with Gasteiger partial charge in [0.1, 0.15) is 0 Å². The normalized spacial score (nSPS) is 51.1. The van der Waals surface area contributed by atoms with Crippen LogP contribution in [0.25, 0.3) is 0 Å². The largest absolute Gasteiger partial charge is 0.390 e. The third kappa shape index (κ3) is 2.26. The topological polar surface area (TPSA) is 54.4 Å². The van der Waals surface area contributed by atoms with Crippen molar-refractivity contribution in [3.8, 4) is 0 Å². The van der Waals surface area contributed by atoms with Gasteiger partial charge in [-0.25, -0.2) is 4.39 Å². The van der Waals surface area contributed by atoms with Gasteiger partial charge in [-0.15, -0.1) is 11.8 Å². The first-order valence-electron chi connectivity index (χ1n) is 10.4. The molecule has 3 nitrogen and oxygen atoms in total. The van der Waals surface area contributed by atoms with Crippen LogP contribution >= 0.6 is 11.8 Å². The molecule has 0 aromatic rings. The molecular formula is C22H31FO3S2. The minimum absolute atomic E-state index is 0.0910. The van der Waals surface area contributed by atoms with Crippen molar-refractivity contribution in [2.24, 2.45) is 22.7 Å². The van der Waals surface area contributed by atoms with Crippen molar-refractivity contribution in [1.82, 2.24) is 0 Å². The van der Waals surface area contributed by atoms with Gasteiger partial charge in [-0.05, 0) is 68.8 Å². The maximum Gasteiger partial charge on any atom is 0.178 e. The summed E-state index contributed by atoms with van der Waals surface area (Å²) >= 11 is 1.66. The van der Waals surface area contributed by atoms with E-state index in [-0.39, 0.29) is 23.0 Å². The van der Waals surface area contributed by atoms with E-state index in [4.69, 9.17) is 0 Å². The summed E-state index contributed by atoms with van der Waals surface area (Å²) in [5, 5.41) is 11.3. The quantitative estimate of drug-likeness (QED) is 0.735. The molecule has 0 aromatic carbocycles. The lowest BCUT2D eigenvalue weighted by Gasteiger charge is -2.63. The first-order valence-corrected chi connectivity index (χ1v) is 12.9. The number of alkyl halides is 1. The molecular weight excluding hydrogens is 395 g/mol. The van der Waals surface area contributed by atoms with Crippen molar-refractivity contribution in [3.05, 3.63) is 23.8 Å². The highest BCUT2D eigenvalue weighted by Crippen LogP contribution is 2.72. The van der Waals surface area contributed by atoms with E-state index in [1.807, 2.05) is 20.1 Å². The first-order chi connectivity index (χ1) is 13.1. The molecule has 156 valence electrons. The van der Waals surface area contributed by atoms with Crippen LogP contribution in [0.3, 0.4) is 0 Å². The van der Waals surface area contributed by atoms with Crippen LogP contribution in [0.4, 0.5) is 4.39 Å². The van der Waals surface area contributed by atoms with E-state index in [1.54, 1.807) is 23.9 Å². The zero-order valence-corrected chi connectivity index (χ0v) is 18.8. The molecule has 0 saturated heterocycles. The van der Waals surface area contributed by atoms with Gasteiger partial charge in [0.15, 0.2) is 11.5 Å². The minimum Gasteiger partial charge on any atom is -0.390 e. The summed E-state index contributed by atoms with van der Waals surface area (Å²) < 4.78 is 29.7. The molecule has 1 unspecified atom stereocenters. The highest BCUT2D eigenvalue weighted by molar-refractivity contribution is 8.12. The molecule has 0 aliphatic heterocycles. The number of aliphatic hydroxyl groups is 1. The Morgan fingerprint density at radius 3 is 2.68 bits per heavy atom.